The van der Waals surface area contributed by atoms with E-state index < -0.39 is 0 Å². The SMILES string of the molecule is Cn1c(NCC(=O)c2ccccc2)nc(-c2ccncn2)cc1=O. The van der Waals surface area contributed by atoms with Crippen molar-refractivity contribution in [3.63, 3.8) is 0 Å². The third kappa shape index (κ3) is 3.35. The molecule has 2 heterocycles. The first-order chi connectivity index (χ1) is 11.6. The molecular weight excluding hydrogens is 306 g/mol. The van der Waals surface area contributed by atoms with Crippen LogP contribution in [-0.4, -0.2) is 31.8 Å². The monoisotopic (exact) mass is 321 g/mol. The third-order valence-electron chi connectivity index (χ3n) is 3.48. The summed E-state index contributed by atoms with van der Waals surface area (Å²) in [5, 5.41) is 2.92. The molecular formula is C17H15N5O2. The van der Waals surface area contributed by atoms with E-state index in [0.717, 1.165) is 0 Å². The van der Waals surface area contributed by atoms with Crippen molar-refractivity contribution >= 4 is 11.7 Å². The summed E-state index contributed by atoms with van der Waals surface area (Å²) in [4.78, 5) is 36.6. The average molecular weight is 321 g/mol. The molecule has 0 fully saturated rings. The van der Waals surface area contributed by atoms with Crippen LogP contribution in [0.2, 0.25) is 0 Å². The lowest BCUT2D eigenvalue weighted by Crippen LogP contribution is -2.24. The van der Waals surface area contributed by atoms with Crippen LogP contribution in [0.15, 0.2) is 59.8 Å². The smallest absolute Gasteiger partial charge is 0.255 e. The van der Waals surface area contributed by atoms with Crippen LogP contribution in [0, 0.1) is 0 Å². The fraction of sp³-hybridized carbons (Fsp3) is 0.118. The predicted octanol–water partition coefficient (Wildman–Crippen LogP) is 1.53. The second-order valence-electron chi connectivity index (χ2n) is 5.10. The zero-order chi connectivity index (χ0) is 16.9. The lowest BCUT2D eigenvalue weighted by Gasteiger charge is -2.11. The Hall–Kier alpha value is -3.35. The van der Waals surface area contributed by atoms with Gasteiger partial charge in [0.05, 0.1) is 17.9 Å². The van der Waals surface area contributed by atoms with E-state index in [1.54, 1.807) is 43.6 Å². The van der Waals surface area contributed by atoms with Crippen LogP contribution in [-0.2, 0) is 7.05 Å². The molecule has 1 N–H and O–H groups in total. The van der Waals surface area contributed by atoms with Crippen LogP contribution in [0.25, 0.3) is 11.4 Å². The van der Waals surface area contributed by atoms with E-state index in [-0.39, 0.29) is 17.9 Å². The lowest BCUT2D eigenvalue weighted by atomic mass is 10.1. The van der Waals surface area contributed by atoms with Crippen molar-refractivity contribution < 1.29 is 4.79 Å². The van der Waals surface area contributed by atoms with E-state index in [1.165, 1.54) is 17.0 Å². The molecule has 3 aromatic rings. The van der Waals surface area contributed by atoms with Gasteiger partial charge in [0.1, 0.15) is 6.33 Å². The van der Waals surface area contributed by atoms with Crippen LogP contribution in [0.1, 0.15) is 10.4 Å². The molecule has 3 rings (SSSR count). The van der Waals surface area contributed by atoms with Crippen molar-refractivity contribution in [2.45, 2.75) is 0 Å². The van der Waals surface area contributed by atoms with E-state index in [9.17, 15) is 9.59 Å². The van der Waals surface area contributed by atoms with Gasteiger partial charge in [-0.25, -0.2) is 15.0 Å². The first-order valence-electron chi connectivity index (χ1n) is 7.32. The highest BCUT2D eigenvalue weighted by molar-refractivity contribution is 5.98. The summed E-state index contributed by atoms with van der Waals surface area (Å²) in [6.07, 6.45) is 2.97. The van der Waals surface area contributed by atoms with Gasteiger partial charge in [-0.2, -0.15) is 0 Å². The summed E-state index contributed by atoms with van der Waals surface area (Å²) in [5.74, 6) is 0.220. The number of hydrogen-bond acceptors (Lipinski definition) is 6. The Morgan fingerprint density at radius 2 is 1.96 bits per heavy atom. The van der Waals surface area contributed by atoms with Gasteiger partial charge in [0, 0.05) is 24.9 Å². The molecule has 0 radical (unpaired) electrons. The van der Waals surface area contributed by atoms with Crippen LogP contribution in [0.4, 0.5) is 5.95 Å². The zero-order valence-corrected chi connectivity index (χ0v) is 13.0. The van der Waals surface area contributed by atoms with Crippen molar-refractivity contribution in [2.75, 3.05) is 11.9 Å². The van der Waals surface area contributed by atoms with Gasteiger partial charge in [0.2, 0.25) is 5.95 Å². The highest BCUT2D eigenvalue weighted by Gasteiger charge is 2.10. The number of carbonyl (C=O) groups excluding carboxylic acids is 1. The summed E-state index contributed by atoms with van der Waals surface area (Å²) < 4.78 is 1.35. The maximum Gasteiger partial charge on any atom is 0.255 e. The Balaban J connectivity index is 1.84. The van der Waals surface area contributed by atoms with E-state index >= 15 is 0 Å². The molecule has 0 atom stereocenters. The topological polar surface area (TPSA) is 89.8 Å². The van der Waals surface area contributed by atoms with Gasteiger partial charge >= 0.3 is 0 Å². The number of anilines is 1. The van der Waals surface area contributed by atoms with Gasteiger partial charge in [0.15, 0.2) is 5.78 Å². The number of nitrogens with zero attached hydrogens (tertiary/aromatic N) is 4. The van der Waals surface area contributed by atoms with Crippen LogP contribution in [0.3, 0.4) is 0 Å². The number of Topliss-reactive ketones (excluding diaryl/α,β-unsaturated/α-hetero) is 1. The average Bonchev–Trinajstić information content (AvgIpc) is 2.64. The van der Waals surface area contributed by atoms with Gasteiger partial charge in [-0.3, -0.25) is 14.2 Å². The summed E-state index contributed by atoms with van der Waals surface area (Å²) in [6.45, 7) is 0.0392. The third-order valence-corrected chi connectivity index (χ3v) is 3.48. The van der Waals surface area contributed by atoms with Crippen LogP contribution >= 0.6 is 0 Å². The number of rotatable bonds is 5. The Labute approximate surface area is 138 Å². The Morgan fingerprint density at radius 3 is 2.67 bits per heavy atom. The zero-order valence-electron chi connectivity index (χ0n) is 13.0. The molecule has 7 nitrogen and oxygen atoms in total. The standard InChI is InChI=1S/C17H15N5O2/c1-22-16(24)9-14(13-7-8-18-11-20-13)21-17(22)19-10-15(23)12-5-3-2-4-6-12/h2-9,11H,10H2,1H3,(H,19,21). The molecule has 7 heteroatoms. The Morgan fingerprint density at radius 1 is 1.17 bits per heavy atom. The summed E-state index contributed by atoms with van der Waals surface area (Å²) >= 11 is 0. The fourth-order valence-corrected chi connectivity index (χ4v) is 2.16. The number of hydrogen-bond donors (Lipinski definition) is 1. The van der Waals surface area contributed by atoms with E-state index in [0.29, 0.717) is 22.9 Å². The molecule has 0 saturated carbocycles. The minimum absolute atomic E-state index is 0.0392. The molecule has 0 aliphatic carbocycles. The van der Waals surface area contributed by atoms with Crippen LogP contribution in [0.5, 0.6) is 0 Å². The van der Waals surface area contributed by atoms with E-state index in [1.807, 2.05) is 6.07 Å². The molecule has 1 aromatic carbocycles. The number of nitrogens with one attached hydrogen (secondary N) is 1. The number of carbonyl (C=O) groups is 1. The number of ketones is 1. The highest BCUT2D eigenvalue weighted by atomic mass is 16.1. The van der Waals surface area contributed by atoms with Crippen molar-refractivity contribution in [3.05, 3.63) is 70.9 Å². The van der Waals surface area contributed by atoms with Crippen LogP contribution < -0.4 is 10.9 Å². The van der Waals surface area contributed by atoms with Crippen molar-refractivity contribution in [3.8, 4) is 11.4 Å². The second-order valence-corrected chi connectivity index (χ2v) is 5.10. The van der Waals surface area contributed by atoms with Crippen molar-refractivity contribution in [2.24, 2.45) is 7.05 Å². The second kappa shape index (κ2) is 6.82. The number of aromatic nitrogens is 4. The molecule has 2 aromatic heterocycles. The first-order valence-corrected chi connectivity index (χ1v) is 7.32. The molecule has 120 valence electrons. The fourth-order valence-electron chi connectivity index (χ4n) is 2.16. The molecule has 0 unspecified atom stereocenters. The minimum Gasteiger partial charge on any atom is -0.348 e. The van der Waals surface area contributed by atoms with Gasteiger partial charge in [-0.1, -0.05) is 30.3 Å². The van der Waals surface area contributed by atoms with E-state index in [2.05, 4.69) is 20.3 Å². The van der Waals surface area contributed by atoms with Gasteiger partial charge in [-0.15, -0.1) is 0 Å². The summed E-state index contributed by atoms with van der Waals surface area (Å²) in [7, 11) is 1.59. The lowest BCUT2D eigenvalue weighted by molar-refractivity contribution is 0.101. The largest absolute Gasteiger partial charge is 0.348 e. The molecule has 0 spiro atoms. The highest BCUT2D eigenvalue weighted by Crippen LogP contribution is 2.13. The molecule has 24 heavy (non-hydrogen) atoms. The molecule has 0 amide bonds. The maximum absolute atomic E-state index is 12.2. The summed E-state index contributed by atoms with van der Waals surface area (Å²) in [6, 6.07) is 12.0. The Bertz CT molecular complexity index is 907. The van der Waals surface area contributed by atoms with Gasteiger partial charge < -0.3 is 5.32 Å². The van der Waals surface area contributed by atoms with E-state index in [4.69, 9.17) is 0 Å². The summed E-state index contributed by atoms with van der Waals surface area (Å²) in [5.41, 5.74) is 1.32. The van der Waals surface area contributed by atoms with Gasteiger partial charge in [-0.05, 0) is 6.07 Å². The first kappa shape index (κ1) is 15.5. The molecule has 0 bridgehead atoms. The maximum atomic E-state index is 12.2. The predicted molar refractivity (Wildman–Crippen MR) is 89.8 cm³/mol. The quantitative estimate of drug-likeness (QED) is 0.717. The molecule has 0 aliphatic heterocycles. The van der Waals surface area contributed by atoms with Gasteiger partial charge in [0.25, 0.3) is 5.56 Å². The molecule has 0 aliphatic rings. The number of benzene rings is 1. The van der Waals surface area contributed by atoms with Crippen molar-refractivity contribution in [1.29, 1.82) is 0 Å². The minimum atomic E-state index is -0.242. The Kier molecular flexibility index (Phi) is 4.42. The molecule has 0 saturated heterocycles. The normalized spacial score (nSPS) is 10.4. The van der Waals surface area contributed by atoms with Crippen molar-refractivity contribution in [1.82, 2.24) is 19.5 Å².